The first-order valence-corrected chi connectivity index (χ1v) is 15.9. The summed E-state index contributed by atoms with van der Waals surface area (Å²) >= 11 is 0. The van der Waals surface area contributed by atoms with E-state index < -0.39 is 0 Å². The smallest absolute Gasteiger partial charge is 0.0165 e. The lowest BCUT2D eigenvalue weighted by molar-refractivity contribution is 0.705. The molecule has 0 aromatic heterocycles. The van der Waals surface area contributed by atoms with Crippen LogP contribution in [0.15, 0.2) is 146 Å². The first kappa shape index (κ1) is 24.9. The topological polar surface area (TPSA) is 0 Å². The lowest BCUT2D eigenvalue weighted by atomic mass is 9.78. The summed E-state index contributed by atoms with van der Waals surface area (Å²) in [5.41, 5.74) is 13.5. The van der Waals surface area contributed by atoms with Gasteiger partial charge < -0.3 is 0 Å². The molecule has 0 aliphatic heterocycles. The molecule has 8 aromatic carbocycles. The molecule has 0 heterocycles. The van der Waals surface area contributed by atoms with Crippen LogP contribution in [0, 0.1) is 0 Å². The number of hydrogen-bond acceptors (Lipinski definition) is 0. The standard InChI is InChI=1S/C45H30/c1-45(2)41-24-22-29(26-40(41)43-37-19-9-11-27-12-10-20-38(42(27)37)44(43)45)31-14-4-3-13-30(31)28-21-23-36-34-17-6-5-15-32(34)33-16-7-8-18-35(33)39(36)25-28/h3-26H,1-2H3. The molecule has 0 atom stereocenters. The molecule has 0 saturated heterocycles. The maximum Gasteiger partial charge on any atom is 0.0165 e. The van der Waals surface area contributed by atoms with Gasteiger partial charge in [0, 0.05) is 5.41 Å². The highest BCUT2D eigenvalue weighted by Gasteiger charge is 2.43. The van der Waals surface area contributed by atoms with Gasteiger partial charge in [-0.25, -0.2) is 0 Å². The van der Waals surface area contributed by atoms with Gasteiger partial charge in [-0.2, -0.15) is 0 Å². The van der Waals surface area contributed by atoms with Gasteiger partial charge in [0.25, 0.3) is 0 Å². The van der Waals surface area contributed by atoms with Crippen molar-refractivity contribution in [1.29, 1.82) is 0 Å². The molecule has 0 spiro atoms. The zero-order valence-electron chi connectivity index (χ0n) is 25.4. The Kier molecular flexibility index (Phi) is 4.88. The Morgan fingerprint density at radius 3 is 1.56 bits per heavy atom. The average Bonchev–Trinajstić information content (AvgIpc) is 3.56. The lowest BCUT2D eigenvalue weighted by Gasteiger charge is -2.25. The summed E-state index contributed by atoms with van der Waals surface area (Å²) in [5, 5.41) is 10.6. The van der Waals surface area contributed by atoms with Crippen molar-refractivity contribution in [3.63, 3.8) is 0 Å². The largest absolute Gasteiger partial charge is 0.0616 e. The molecule has 2 aliphatic carbocycles. The Labute approximate surface area is 262 Å². The highest BCUT2D eigenvalue weighted by molar-refractivity contribution is 6.26. The van der Waals surface area contributed by atoms with Gasteiger partial charge in [0.2, 0.25) is 0 Å². The summed E-state index contributed by atoms with van der Waals surface area (Å²) < 4.78 is 0. The van der Waals surface area contributed by atoms with Gasteiger partial charge in [-0.1, -0.05) is 147 Å². The van der Waals surface area contributed by atoms with E-state index in [1.807, 2.05) is 0 Å². The number of benzene rings is 8. The third kappa shape index (κ3) is 3.27. The van der Waals surface area contributed by atoms with Crippen LogP contribution in [0.1, 0.15) is 36.1 Å². The maximum atomic E-state index is 2.47. The molecule has 10 rings (SSSR count). The predicted molar refractivity (Wildman–Crippen MR) is 193 cm³/mol. The van der Waals surface area contributed by atoms with Crippen LogP contribution in [0.5, 0.6) is 0 Å². The minimum Gasteiger partial charge on any atom is -0.0616 e. The van der Waals surface area contributed by atoms with Crippen molar-refractivity contribution in [2.45, 2.75) is 19.3 Å². The Bertz CT molecular complexity index is 2570. The van der Waals surface area contributed by atoms with Crippen LogP contribution in [-0.2, 0) is 5.41 Å². The second kappa shape index (κ2) is 8.80. The van der Waals surface area contributed by atoms with E-state index in [1.54, 1.807) is 0 Å². The summed E-state index contributed by atoms with van der Waals surface area (Å²) in [7, 11) is 0. The highest BCUT2D eigenvalue weighted by Crippen LogP contribution is 2.59. The quantitative estimate of drug-likeness (QED) is 0.181. The minimum atomic E-state index is -0.0573. The Morgan fingerprint density at radius 1 is 0.378 bits per heavy atom. The molecular formula is C45H30. The molecule has 0 radical (unpaired) electrons. The van der Waals surface area contributed by atoms with Gasteiger partial charge in [-0.3, -0.25) is 0 Å². The SMILES string of the molecule is CC1(C)C2=C(c3cc(-c4ccccc4-c4ccc5c6ccccc6c6ccccc6c5c4)ccc31)c1cccc3cccc2c13. The number of rotatable bonds is 2. The molecule has 0 saturated carbocycles. The van der Waals surface area contributed by atoms with Crippen molar-refractivity contribution in [3.8, 4) is 22.3 Å². The van der Waals surface area contributed by atoms with E-state index in [0.29, 0.717) is 0 Å². The van der Waals surface area contributed by atoms with E-state index in [2.05, 4.69) is 159 Å². The molecule has 0 N–H and O–H groups in total. The maximum absolute atomic E-state index is 2.47. The van der Waals surface area contributed by atoms with E-state index in [9.17, 15) is 0 Å². The van der Waals surface area contributed by atoms with Crippen LogP contribution in [0.2, 0.25) is 0 Å². The van der Waals surface area contributed by atoms with Crippen LogP contribution in [0.3, 0.4) is 0 Å². The van der Waals surface area contributed by atoms with Crippen molar-refractivity contribution in [2.75, 3.05) is 0 Å². The highest BCUT2D eigenvalue weighted by atomic mass is 14.5. The van der Waals surface area contributed by atoms with Crippen molar-refractivity contribution >= 4 is 54.2 Å². The van der Waals surface area contributed by atoms with Crippen molar-refractivity contribution in [3.05, 3.63) is 168 Å². The Hall–Kier alpha value is -5.46. The number of hydrogen-bond donors (Lipinski definition) is 0. The van der Waals surface area contributed by atoms with Crippen LogP contribution in [0.4, 0.5) is 0 Å². The van der Waals surface area contributed by atoms with Gasteiger partial charge in [-0.15, -0.1) is 0 Å². The monoisotopic (exact) mass is 570 g/mol. The first-order chi connectivity index (χ1) is 22.1. The fourth-order valence-corrected chi connectivity index (χ4v) is 8.62. The molecule has 8 aromatic rings. The van der Waals surface area contributed by atoms with E-state index in [0.717, 1.165) is 0 Å². The second-order valence-corrected chi connectivity index (χ2v) is 13.2. The van der Waals surface area contributed by atoms with Crippen LogP contribution >= 0.6 is 0 Å². The van der Waals surface area contributed by atoms with Gasteiger partial charge in [0.05, 0.1) is 0 Å². The first-order valence-electron chi connectivity index (χ1n) is 15.9. The summed E-state index contributed by atoms with van der Waals surface area (Å²) in [6, 6.07) is 54.4. The third-order valence-electron chi connectivity index (χ3n) is 10.6. The van der Waals surface area contributed by atoms with Crippen molar-refractivity contribution in [1.82, 2.24) is 0 Å². The summed E-state index contributed by atoms with van der Waals surface area (Å²) in [6.45, 7) is 4.80. The van der Waals surface area contributed by atoms with Crippen LogP contribution < -0.4 is 0 Å². The van der Waals surface area contributed by atoms with Crippen molar-refractivity contribution in [2.24, 2.45) is 0 Å². The number of fused-ring (bicyclic) bond motifs is 10. The molecule has 0 bridgehead atoms. The number of allylic oxidation sites excluding steroid dienone is 1. The predicted octanol–water partition coefficient (Wildman–Crippen LogP) is 12.2. The molecule has 0 amide bonds. The summed E-state index contributed by atoms with van der Waals surface area (Å²) in [5.74, 6) is 0. The molecule has 210 valence electrons. The molecule has 2 aliphatic rings. The molecule has 0 nitrogen and oxygen atoms in total. The zero-order valence-corrected chi connectivity index (χ0v) is 25.4. The average molecular weight is 571 g/mol. The third-order valence-corrected chi connectivity index (χ3v) is 10.6. The minimum absolute atomic E-state index is 0.0573. The van der Waals surface area contributed by atoms with Crippen LogP contribution in [-0.4, -0.2) is 0 Å². The Morgan fingerprint density at radius 2 is 0.889 bits per heavy atom. The fourth-order valence-electron chi connectivity index (χ4n) is 8.62. The van der Waals surface area contributed by atoms with E-state index in [4.69, 9.17) is 0 Å². The van der Waals surface area contributed by atoms with E-state index in [1.165, 1.54) is 98.7 Å². The normalized spacial score (nSPS) is 14.5. The van der Waals surface area contributed by atoms with Gasteiger partial charge in [0.15, 0.2) is 0 Å². The van der Waals surface area contributed by atoms with E-state index >= 15 is 0 Å². The fraction of sp³-hybridized carbons (Fsp3) is 0.0667. The molecular weight excluding hydrogens is 540 g/mol. The van der Waals surface area contributed by atoms with Gasteiger partial charge >= 0.3 is 0 Å². The van der Waals surface area contributed by atoms with Crippen molar-refractivity contribution < 1.29 is 0 Å². The molecule has 0 unspecified atom stereocenters. The zero-order chi connectivity index (χ0) is 29.9. The molecule has 0 heteroatoms. The van der Waals surface area contributed by atoms with E-state index in [-0.39, 0.29) is 5.41 Å². The Balaban J connectivity index is 1.18. The molecule has 0 fully saturated rings. The summed E-state index contributed by atoms with van der Waals surface area (Å²) in [4.78, 5) is 0. The summed E-state index contributed by atoms with van der Waals surface area (Å²) in [6.07, 6.45) is 0. The lowest BCUT2D eigenvalue weighted by Crippen LogP contribution is -2.16. The second-order valence-electron chi connectivity index (χ2n) is 13.2. The van der Waals surface area contributed by atoms with Crippen LogP contribution in [0.25, 0.3) is 76.5 Å². The van der Waals surface area contributed by atoms with Gasteiger partial charge in [-0.05, 0) is 111 Å². The van der Waals surface area contributed by atoms with Gasteiger partial charge in [0.1, 0.15) is 0 Å². The molecule has 45 heavy (non-hydrogen) atoms.